The van der Waals surface area contributed by atoms with Crippen LogP contribution < -0.4 is 5.32 Å². The first-order chi connectivity index (χ1) is 8.83. The molecule has 0 bridgehead atoms. The molecule has 1 aliphatic rings. The van der Waals surface area contributed by atoms with Crippen LogP contribution in [0.3, 0.4) is 0 Å². The zero-order chi connectivity index (χ0) is 12.4. The summed E-state index contributed by atoms with van der Waals surface area (Å²) in [5.41, 5.74) is 6.17. The van der Waals surface area contributed by atoms with E-state index in [2.05, 4.69) is 41.5 Å². The van der Waals surface area contributed by atoms with Crippen LogP contribution in [-0.4, -0.2) is 17.6 Å². The summed E-state index contributed by atoms with van der Waals surface area (Å²) < 4.78 is 0. The average Bonchev–Trinajstić information content (AvgIpc) is 2.96. The van der Waals surface area contributed by atoms with Gasteiger partial charge in [-0.25, -0.2) is 4.98 Å². The van der Waals surface area contributed by atoms with E-state index in [0.29, 0.717) is 6.04 Å². The standard InChI is InChI=1S/C15H18N2S/c1-11-15(18-10-17-11)6-7-16-14-8-12-4-2-3-5-13(12)9-14/h2-5,10,14,16H,6-9H2,1H3. The topological polar surface area (TPSA) is 24.9 Å². The zero-order valence-electron chi connectivity index (χ0n) is 10.6. The first-order valence-electron chi connectivity index (χ1n) is 6.52. The molecule has 0 saturated carbocycles. The molecule has 0 atom stereocenters. The van der Waals surface area contributed by atoms with E-state index < -0.39 is 0 Å². The summed E-state index contributed by atoms with van der Waals surface area (Å²) in [5, 5.41) is 3.67. The lowest BCUT2D eigenvalue weighted by atomic mass is 10.1. The van der Waals surface area contributed by atoms with Gasteiger partial charge in [0.1, 0.15) is 0 Å². The van der Waals surface area contributed by atoms with Crippen molar-refractivity contribution in [3.05, 3.63) is 51.5 Å². The van der Waals surface area contributed by atoms with E-state index in [1.807, 2.05) is 5.51 Å². The van der Waals surface area contributed by atoms with Gasteiger partial charge in [0.2, 0.25) is 0 Å². The minimum absolute atomic E-state index is 0.621. The molecule has 2 nitrogen and oxygen atoms in total. The summed E-state index contributed by atoms with van der Waals surface area (Å²) >= 11 is 1.77. The molecule has 1 aliphatic carbocycles. The maximum Gasteiger partial charge on any atom is 0.0797 e. The number of hydrogen-bond acceptors (Lipinski definition) is 3. The molecule has 0 fully saturated rings. The van der Waals surface area contributed by atoms with Crippen molar-refractivity contribution in [2.24, 2.45) is 0 Å². The monoisotopic (exact) mass is 258 g/mol. The summed E-state index contributed by atoms with van der Waals surface area (Å²) in [7, 11) is 0. The molecule has 1 aromatic carbocycles. The third-order valence-corrected chi connectivity index (χ3v) is 4.68. The first kappa shape index (κ1) is 11.9. The third-order valence-electron chi connectivity index (χ3n) is 3.68. The highest BCUT2D eigenvalue weighted by atomic mass is 32.1. The molecule has 3 heteroatoms. The number of aryl methyl sites for hydroxylation is 1. The van der Waals surface area contributed by atoms with Gasteiger partial charge in [0.05, 0.1) is 11.2 Å². The molecule has 1 N–H and O–H groups in total. The van der Waals surface area contributed by atoms with Crippen molar-refractivity contribution in [1.82, 2.24) is 10.3 Å². The van der Waals surface area contributed by atoms with Crippen LogP contribution in [0.15, 0.2) is 29.8 Å². The second-order valence-corrected chi connectivity index (χ2v) is 5.88. The molecule has 0 unspecified atom stereocenters. The third kappa shape index (κ3) is 2.47. The van der Waals surface area contributed by atoms with Crippen LogP contribution in [-0.2, 0) is 19.3 Å². The van der Waals surface area contributed by atoms with Gasteiger partial charge in [0.25, 0.3) is 0 Å². The minimum Gasteiger partial charge on any atom is -0.313 e. The summed E-state index contributed by atoms with van der Waals surface area (Å²) in [4.78, 5) is 5.71. The Morgan fingerprint density at radius 1 is 1.28 bits per heavy atom. The van der Waals surface area contributed by atoms with Crippen LogP contribution in [0.25, 0.3) is 0 Å². The summed E-state index contributed by atoms with van der Waals surface area (Å²) in [6, 6.07) is 9.41. The van der Waals surface area contributed by atoms with Crippen LogP contribution in [0.2, 0.25) is 0 Å². The molecule has 3 rings (SSSR count). The van der Waals surface area contributed by atoms with Crippen molar-refractivity contribution in [2.45, 2.75) is 32.2 Å². The van der Waals surface area contributed by atoms with E-state index in [4.69, 9.17) is 0 Å². The van der Waals surface area contributed by atoms with Crippen molar-refractivity contribution >= 4 is 11.3 Å². The predicted octanol–water partition coefficient (Wildman–Crippen LogP) is 2.75. The van der Waals surface area contributed by atoms with E-state index in [1.54, 1.807) is 11.3 Å². The number of hydrogen-bond donors (Lipinski definition) is 1. The van der Waals surface area contributed by atoms with Crippen LogP contribution >= 0.6 is 11.3 Å². The molecule has 0 amide bonds. The molecule has 0 saturated heterocycles. The summed E-state index contributed by atoms with van der Waals surface area (Å²) in [6.45, 7) is 3.15. The second kappa shape index (κ2) is 5.21. The van der Waals surface area contributed by atoms with E-state index in [9.17, 15) is 0 Å². The molecule has 1 heterocycles. The van der Waals surface area contributed by atoms with Gasteiger partial charge in [0.15, 0.2) is 0 Å². The normalized spacial score (nSPS) is 14.9. The minimum atomic E-state index is 0.621. The lowest BCUT2D eigenvalue weighted by molar-refractivity contribution is 0.537. The smallest absolute Gasteiger partial charge is 0.0797 e. The van der Waals surface area contributed by atoms with E-state index in [1.165, 1.54) is 34.5 Å². The van der Waals surface area contributed by atoms with Crippen molar-refractivity contribution in [1.29, 1.82) is 0 Å². The number of rotatable bonds is 4. The maximum absolute atomic E-state index is 4.29. The lowest BCUT2D eigenvalue weighted by Crippen LogP contribution is -2.31. The molecule has 0 aliphatic heterocycles. The Kier molecular flexibility index (Phi) is 3.43. The van der Waals surface area contributed by atoms with Gasteiger partial charge in [-0.3, -0.25) is 0 Å². The molecular weight excluding hydrogens is 240 g/mol. The van der Waals surface area contributed by atoms with E-state index in [0.717, 1.165) is 13.0 Å². The molecule has 0 spiro atoms. The maximum atomic E-state index is 4.29. The van der Waals surface area contributed by atoms with E-state index in [-0.39, 0.29) is 0 Å². The van der Waals surface area contributed by atoms with E-state index >= 15 is 0 Å². The Bertz CT molecular complexity index is 508. The largest absolute Gasteiger partial charge is 0.313 e. The van der Waals surface area contributed by atoms with Gasteiger partial charge >= 0.3 is 0 Å². The quantitative estimate of drug-likeness (QED) is 0.912. The van der Waals surface area contributed by atoms with Gasteiger partial charge in [-0.2, -0.15) is 0 Å². The summed E-state index contributed by atoms with van der Waals surface area (Å²) in [5.74, 6) is 0. The highest BCUT2D eigenvalue weighted by Gasteiger charge is 2.19. The number of benzene rings is 1. The lowest BCUT2D eigenvalue weighted by Gasteiger charge is -2.11. The van der Waals surface area contributed by atoms with Gasteiger partial charge in [-0.05, 0) is 37.3 Å². The highest BCUT2D eigenvalue weighted by Crippen LogP contribution is 2.21. The van der Waals surface area contributed by atoms with Crippen molar-refractivity contribution < 1.29 is 0 Å². The Balaban J connectivity index is 1.50. The van der Waals surface area contributed by atoms with Gasteiger partial charge < -0.3 is 5.32 Å². The molecule has 18 heavy (non-hydrogen) atoms. The van der Waals surface area contributed by atoms with Gasteiger partial charge in [0, 0.05) is 17.5 Å². The van der Waals surface area contributed by atoms with Gasteiger partial charge in [-0.1, -0.05) is 24.3 Å². The summed E-state index contributed by atoms with van der Waals surface area (Å²) in [6.07, 6.45) is 3.46. The number of fused-ring (bicyclic) bond motifs is 1. The van der Waals surface area contributed by atoms with Crippen LogP contribution in [0.5, 0.6) is 0 Å². The van der Waals surface area contributed by atoms with Crippen molar-refractivity contribution in [3.63, 3.8) is 0 Å². The average molecular weight is 258 g/mol. The molecule has 1 aromatic heterocycles. The van der Waals surface area contributed by atoms with Crippen molar-refractivity contribution in [3.8, 4) is 0 Å². The highest BCUT2D eigenvalue weighted by molar-refractivity contribution is 7.09. The van der Waals surface area contributed by atoms with Crippen LogP contribution in [0, 0.1) is 6.92 Å². The Morgan fingerprint density at radius 2 is 2.00 bits per heavy atom. The fourth-order valence-corrected chi connectivity index (χ4v) is 3.44. The number of aromatic nitrogens is 1. The van der Waals surface area contributed by atoms with Crippen LogP contribution in [0.1, 0.15) is 21.7 Å². The number of nitrogens with zero attached hydrogens (tertiary/aromatic N) is 1. The Morgan fingerprint density at radius 3 is 2.61 bits per heavy atom. The SMILES string of the molecule is Cc1ncsc1CCNC1Cc2ccccc2C1. The second-order valence-electron chi connectivity index (χ2n) is 4.94. The Labute approximate surface area is 112 Å². The zero-order valence-corrected chi connectivity index (χ0v) is 11.5. The Hall–Kier alpha value is -1.19. The fraction of sp³-hybridized carbons (Fsp3) is 0.400. The predicted molar refractivity (Wildman–Crippen MR) is 76.2 cm³/mol. The molecule has 2 aromatic rings. The van der Waals surface area contributed by atoms with Crippen LogP contribution in [0.4, 0.5) is 0 Å². The number of thiazole rings is 1. The first-order valence-corrected chi connectivity index (χ1v) is 7.40. The van der Waals surface area contributed by atoms with Gasteiger partial charge in [-0.15, -0.1) is 11.3 Å². The molecule has 0 radical (unpaired) electrons. The van der Waals surface area contributed by atoms with Crippen molar-refractivity contribution in [2.75, 3.05) is 6.54 Å². The molecule has 94 valence electrons. The molecular formula is C15H18N2S. The fourth-order valence-electron chi connectivity index (χ4n) is 2.66. The number of nitrogens with one attached hydrogen (secondary N) is 1.